The van der Waals surface area contributed by atoms with Crippen molar-refractivity contribution in [3.8, 4) is 0 Å². The quantitative estimate of drug-likeness (QED) is 0.600. The zero-order chi connectivity index (χ0) is 9.47. The molecule has 0 aromatic heterocycles. The number of benzene rings is 1. The Balaban J connectivity index is 2.48. The second kappa shape index (κ2) is 2.63. The summed E-state index contributed by atoms with van der Waals surface area (Å²) in [7, 11) is 0. The number of hydrogen-bond donors (Lipinski definition) is 1. The number of fused-ring (bicyclic) bond motifs is 1. The molecule has 1 nitrogen and oxygen atoms in total. The van der Waals surface area contributed by atoms with Gasteiger partial charge >= 0.3 is 0 Å². The average Bonchev–Trinajstić information content (AvgIpc) is 2.01. The second-order valence-corrected chi connectivity index (χ2v) is 4.46. The van der Waals surface area contributed by atoms with Gasteiger partial charge in [-0.15, -0.1) is 0 Å². The molecular weight excluding hydrogens is 158 g/mol. The van der Waals surface area contributed by atoms with Gasteiger partial charge in [-0.05, 0) is 35.1 Å². The van der Waals surface area contributed by atoms with Crippen LogP contribution in [0, 0.1) is 5.41 Å². The van der Waals surface area contributed by atoms with Gasteiger partial charge in [-0.3, -0.25) is 0 Å². The first-order valence-electron chi connectivity index (χ1n) is 4.64. The standard InChI is InChI=1S/C12H15N/c1-12(2)6-5-9-3-4-11(13)7-10(9)8-12/h3-7H,8,13H2,1-2H3. The summed E-state index contributed by atoms with van der Waals surface area (Å²) in [5.74, 6) is 0. The molecule has 2 N–H and O–H groups in total. The van der Waals surface area contributed by atoms with E-state index < -0.39 is 0 Å². The Hall–Kier alpha value is -1.24. The van der Waals surface area contributed by atoms with Gasteiger partial charge in [0.25, 0.3) is 0 Å². The Labute approximate surface area is 79.3 Å². The van der Waals surface area contributed by atoms with E-state index in [1.165, 1.54) is 11.1 Å². The van der Waals surface area contributed by atoms with Crippen LogP contribution in [-0.4, -0.2) is 0 Å². The summed E-state index contributed by atoms with van der Waals surface area (Å²) in [6.07, 6.45) is 5.55. The Kier molecular flexibility index (Phi) is 1.69. The summed E-state index contributed by atoms with van der Waals surface area (Å²) >= 11 is 0. The van der Waals surface area contributed by atoms with Gasteiger partial charge in [0.05, 0.1) is 0 Å². The van der Waals surface area contributed by atoms with Crippen LogP contribution >= 0.6 is 0 Å². The molecule has 1 aromatic rings. The maximum absolute atomic E-state index is 5.75. The molecule has 2 rings (SSSR count). The van der Waals surface area contributed by atoms with E-state index in [2.05, 4.69) is 38.1 Å². The van der Waals surface area contributed by atoms with E-state index in [1.807, 2.05) is 6.07 Å². The topological polar surface area (TPSA) is 26.0 Å². The molecule has 0 amide bonds. The number of anilines is 1. The lowest BCUT2D eigenvalue weighted by Gasteiger charge is -2.25. The van der Waals surface area contributed by atoms with Crippen molar-refractivity contribution in [1.29, 1.82) is 0 Å². The second-order valence-electron chi connectivity index (χ2n) is 4.46. The van der Waals surface area contributed by atoms with Crippen LogP contribution in [0.1, 0.15) is 25.0 Å². The smallest absolute Gasteiger partial charge is 0.0317 e. The maximum atomic E-state index is 5.75. The highest BCUT2D eigenvalue weighted by Gasteiger charge is 2.20. The zero-order valence-corrected chi connectivity index (χ0v) is 8.17. The lowest BCUT2D eigenvalue weighted by Crippen LogP contribution is -2.15. The number of nitrogen functional groups attached to an aromatic ring is 1. The molecular formula is C12H15N. The van der Waals surface area contributed by atoms with Crippen LogP contribution in [0.15, 0.2) is 24.3 Å². The van der Waals surface area contributed by atoms with E-state index in [9.17, 15) is 0 Å². The molecule has 0 unspecified atom stereocenters. The van der Waals surface area contributed by atoms with Crippen LogP contribution in [0.5, 0.6) is 0 Å². The van der Waals surface area contributed by atoms with Gasteiger partial charge in [-0.2, -0.15) is 0 Å². The fourth-order valence-corrected chi connectivity index (χ4v) is 1.81. The monoisotopic (exact) mass is 173 g/mol. The van der Waals surface area contributed by atoms with Crippen LogP contribution in [0.3, 0.4) is 0 Å². The molecule has 0 saturated heterocycles. The van der Waals surface area contributed by atoms with Crippen molar-refractivity contribution in [3.63, 3.8) is 0 Å². The van der Waals surface area contributed by atoms with Crippen molar-refractivity contribution in [2.45, 2.75) is 20.3 Å². The minimum Gasteiger partial charge on any atom is -0.399 e. The number of hydrogen-bond acceptors (Lipinski definition) is 1. The fourth-order valence-electron chi connectivity index (χ4n) is 1.81. The van der Waals surface area contributed by atoms with Crippen molar-refractivity contribution >= 4 is 11.8 Å². The molecule has 0 saturated carbocycles. The van der Waals surface area contributed by atoms with Gasteiger partial charge in [0.2, 0.25) is 0 Å². The summed E-state index contributed by atoms with van der Waals surface area (Å²) in [5.41, 5.74) is 9.57. The number of nitrogens with two attached hydrogens (primary N) is 1. The highest BCUT2D eigenvalue weighted by atomic mass is 14.5. The summed E-state index contributed by atoms with van der Waals surface area (Å²) in [4.78, 5) is 0. The molecule has 1 aromatic carbocycles. The molecule has 0 heterocycles. The van der Waals surface area contributed by atoms with E-state index in [0.717, 1.165) is 12.1 Å². The molecule has 0 bridgehead atoms. The average molecular weight is 173 g/mol. The Morgan fingerprint density at radius 2 is 2.08 bits per heavy atom. The molecule has 0 atom stereocenters. The molecule has 1 aliphatic carbocycles. The Bertz CT molecular complexity index is 361. The van der Waals surface area contributed by atoms with E-state index in [-0.39, 0.29) is 5.41 Å². The van der Waals surface area contributed by atoms with Gasteiger partial charge in [0.15, 0.2) is 0 Å². The van der Waals surface area contributed by atoms with Gasteiger partial charge in [0, 0.05) is 5.69 Å². The Morgan fingerprint density at radius 1 is 1.31 bits per heavy atom. The Morgan fingerprint density at radius 3 is 2.85 bits per heavy atom. The summed E-state index contributed by atoms with van der Waals surface area (Å²) in [5, 5.41) is 0. The van der Waals surface area contributed by atoms with Gasteiger partial charge in [-0.25, -0.2) is 0 Å². The third-order valence-corrected chi connectivity index (χ3v) is 2.53. The largest absolute Gasteiger partial charge is 0.399 e. The van der Waals surface area contributed by atoms with Crippen molar-refractivity contribution in [1.82, 2.24) is 0 Å². The molecule has 68 valence electrons. The predicted octanol–water partition coefficient (Wildman–Crippen LogP) is 2.86. The summed E-state index contributed by atoms with van der Waals surface area (Å²) in [6.45, 7) is 4.49. The zero-order valence-electron chi connectivity index (χ0n) is 8.17. The first kappa shape index (κ1) is 8.36. The normalized spacial score (nSPS) is 18.3. The maximum Gasteiger partial charge on any atom is 0.0317 e. The molecule has 13 heavy (non-hydrogen) atoms. The predicted molar refractivity (Wildman–Crippen MR) is 57.4 cm³/mol. The van der Waals surface area contributed by atoms with E-state index >= 15 is 0 Å². The van der Waals surface area contributed by atoms with E-state index in [4.69, 9.17) is 5.73 Å². The van der Waals surface area contributed by atoms with Crippen LogP contribution in [0.25, 0.3) is 6.08 Å². The number of allylic oxidation sites excluding steroid dienone is 1. The van der Waals surface area contributed by atoms with Crippen LogP contribution in [0.2, 0.25) is 0 Å². The summed E-state index contributed by atoms with van der Waals surface area (Å²) in [6, 6.07) is 6.14. The molecule has 0 fully saturated rings. The third kappa shape index (κ3) is 1.59. The number of rotatable bonds is 0. The third-order valence-electron chi connectivity index (χ3n) is 2.53. The van der Waals surface area contributed by atoms with Crippen LogP contribution in [-0.2, 0) is 6.42 Å². The van der Waals surface area contributed by atoms with E-state index in [1.54, 1.807) is 0 Å². The van der Waals surface area contributed by atoms with Gasteiger partial charge in [0.1, 0.15) is 0 Å². The van der Waals surface area contributed by atoms with Crippen LogP contribution in [0.4, 0.5) is 5.69 Å². The highest BCUT2D eigenvalue weighted by molar-refractivity contribution is 5.61. The van der Waals surface area contributed by atoms with Crippen LogP contribution < -0.4 is 5.73 Å². The first-order chi connectivity index (χ1) is 6.07. The molecule has 0 spiro atoms. The minimum absolute atomic E-state index is 0.279. The lowest BCUT2D eigenvalue weighted by atomic mass is 9.79. The van der Waals surface area contributed by atoms with Crippen molar-refractivity contribution in [2.75, 3.05) is 5.73 Å². The van der Waals surface area contributed by atoms with Gasteiger partial charge in [-0.1, -0.05) is 32.1 Å². The van der Waals surface area contributed by atoms with Crippen molar-refractivity contribution in [2.24, 2.45) is 5.41 Å². The molecule has 1 aliphatic rings. The minimum atomic E-state index is 0.279. The molecule has 0 radical (unpaired) electrons. The summed E-state index contributed by atoms with van der Waals surface area (Å²) < 4.78 is 0. The SMILES string of the molecule is CC1(C)C=Cc2ccc(N)cc2C1. The van der Waals surface area contributed by atoms with Crippen molar-refractivity contribution < 1.29 is 0 Å². The van der Waals surface area contributed by atoms with Crippen molar-refractivity contribution in [3.05, 3.63) is 35.4 Å². The molecule has 1 heteroatoms. The first-order valence-corrected chi connectivity index (χ1v) is 4.64. The van der Waals surface area contributed by atoms with E-state index in [0.29, 0.717) is 0 Å². The highest BCUT2D eigenvalue weighted by Crippen LogP contribution is 2.32. The fraction of sp³-hybridized carbons (Fsp3) is 0.333. The molecule has 0 aliphatic heterocycles. The lowest BCUT2D eigenvalue weighted by molar-refractivity contribution is 0.475. The van der Waals surface area contributed by atoms with Gasteiger partial charge < -0.3 is 5.73 Å².